The van der Waals surface area contributed by atoms with Crippen molar-refractivity contribution in [3.8, 4) is 0 Å². The van der Waals surface area contributed by atoms with Gasteiger partial charge in [-0.1, -0.05) is 0 Å². The zero-order valence-electron chi connectivity index (χ0n) is 41.9. The molecule has 2 unspecified atom stereocenters. The lowest BCUT2D eigenvalue weighted by Gasteiger charge is -2.35. The Kier molecular flexibility index (Phi) is 15.8. The summed E-state index contributed by atoms with van der Waals surface area (Å²) in [4.78, 5) is 61.3. The van der Waals surface area contributed by atoms with Crippen LogP contribution < -0.4 is 20.4 Å². The molecule has 0 saturated carbocycles. The minimum Gasteiger partial charge on any atom is -0.444 e. The number of aliphatic hydroxyl groups is 2. The van der Waals surface area contributed by atoms with E-state index in [2.05, 4.69) is 60.1 Å². The third-order valence-electron chi connectivity index (χ3n) is 13.6. The number of ether oxygens (including phenoxy) is 1. The number of imidazole rings is 2. The van der Waals surface area contributed by atoms with Crippen LogP contribution in [0, 0.1) is 11.6 Å². The Bertz CT molecular complexity index is 2960. The molecule has 2 amide bonds. The summed E-state index contributed by atoms with van der Waals surface area (Å²) < 4.78 is 77.5. The van der Waals surface area contributed by atoms with E-state index in [1.807, 2.05) is 31.4 Å². The van der Waals surface area contributed by atoms with E-state index < -0.39 is 29.5 Å². The van der Waals surface area contributed by atoms with E-state index in [0.717, 1.165) is 75.1 Å². The molecule has 10 rings (SSSR count). The van der Waals surface area contributed by atoms with Gasteiger partial charge in [0.15, 0.2) is 11.3 Å². The molecule has 4 aliphatic heterocycles. The number of amides is 2. The summed E-state index contributed by atoms with van der Waals surface area (Å²) in [5, 5.41) is 24.1. The first-order valence-electron chi connectivity index (χ1n) is 25.0. The number of piperazine rings is 2. The van der Waals surface area contributed by atoms with E-state index in [9.17, 15) is 27.2 Å². The molecule has 21 nitrogen and oxygen atoms in total. The number of β-amino-alcohol motifs (C(OH)–C–C–N with tert-alkyl or cyclic N) is 2. The number of anilines is 6. The molecule has 26 heteroatoms. The van der Waals surface area contributed by atoms with Gasteiger partial charge < -0.3 is 54.3 Å². The van der Waals surface area contributed by atoms with E-state index in [1.165, 1.54) is 24.7 Å². The van der Waals surface area contributed by atoms with Gasteiger partial charge in [0, 0.05) is 103 Å². The van der Waals surface area contributed by atoms with E-state index in [0.29, 0.717) is 54.9 Å². The standard InChI is InChI=1S/C26H35FN8O3.C23H26F4N8O2/c1-26(2,3)38-25(37)34-7-6-19(16-34)35-17-29-22-15-28-24(31-23(22)35)30-21-5-4-18(14-20(21)27)33-10-8-32(9-11-33)12-13-36;24-17-11-15(33-7-5-32(6-8-33)9-10-36)1-2-18(17)30-22-28-12-19-20(31-22)35(14-29-19)16-3-4-34(13-16)21(37)23(25,26)27/h4-5,14-15,17,19,36H,6-13,16H2,1-3H3,(H,28,30,31);1-2,11-12,14,16,36H,3-10,13H2,(H,28,30,31). The largest absolute Gasteiger partial charge is 0.471 e. The normalized spacial score (nSPS) is 19.0. The molecule has 2 atom stereocenters. The Hall–Kier alpha value is -7.03. The molecule has 0 spiro atoms. The number of nitrogens with one attached hydrogen (secondary N) is 2. The van der Waals surface area contributed by atoms with Gasteiger partial charge in [-0.05, 0) is 70.0 Å². The molecule has 4 aromatic heterocycles. The predicted octanol–water partition coefficient (Wildman–Crippen LogP) is 5.16. The zero-order chi connectivity index (χ0) is 53.0. The highest BCUT2D eigenvalue weighted by Crippen LogP contribution is 2.32. The van der Waals surface area contributed by atoms with Crippen LogP contribution in [-0.4, -0.2) is 197 Å². The van der Waals surface area contributed by atoms with Gasteiger partial charge in [0.05, 0.1) is 61.7 Å². The highest BCUT2D eigenvalue weighted by Gasteiger charge is 2.45. The Morgan fingerprint density at radius 1 is 0.640 bits per heavy atom. The van der Waals surface area contributed by atoms with Gasteiger partial charge in [-0.3, -0.25) is 14.6 Å². The Morgan fingerprint density at radius 2 is 1.08 bits per heavy atom. The van der Waals surface area contributed by atoms with Crippen molar-refractivity contribution in [2.24, 2.45) is 0 Å². The fourth-order valence-corrected chi connectivity index (χ4v) is 9.69. The second-order valence-electron chi connectivity index (χ2n) is 19.9. The zero-order valence-corrected chi connectivity index (χ0v) is 41.9. The number of likely N-dealkylation sites (tertiary alicyclic amines) is 2. The summed E-state index contributed by atoms with van der Waals surface area (Å²) in [5.41, 5.74) is 3.55. The number of benzene rings is 2. The van der Waals surface area contributed by atoms with Gasteiger partial charge >= 0.3 is 18.2 Å². The Morgan fingerprint density at radius 3 is 1.49 bits per heavy atom. The maximum absolute atomic E-state index is 15.0. The highest BCUT2D eigenvalue weighted by molar-refractivity contribution is 5.82. The predicted molar refractivity (Wildman–Crippen MR) is 269 cm³/mol. The van der Waals surface area contributed by atoms with E-state index in [4.69, 9.17) is 14.9 Å². The summed E-state index contributed by atoms with van der Waals surface area (Å²) in [6.45, 7) is 14.3. The van der Waals surface area contributed by atoms with Crippen LogP contribution in [0.4, 0.5) is 61.4 Å². The van der Waals surface area contributed by atoms with Crippen molar-refractivity contribution in [2.45, 2.75) is 57.5 Å². The van der Waals surface area contributed by atoms with Crippen molar-refractivity contribution in [2.75, 3.05) is 125 Å². The number of alkyl halides is 3. The first-order valence-corrected chi connectivity index (χ1v) is 25.0. The van der Waals surface area contributed by atoms with Crippen LogP contribution in [-0.2, 0) is 9.53 Å². The first kappa shape index (κ1) is 52.8. The van der Waals surface area contributed by atoms with Crippen molar-refractivity contribution in [3.05, 3.63) is 73.1 Å². The van der Waals surface area contributed by atoms with Gasteiger partial charge in [0.2, 0.25) is 11.9 Å². The van der Waals surface area contributed by atoms with Crippen LogP contribution in [0.3, 0.4) is 0 Å². The number of halogens is 5. The summed E-state index contributed by atoms with van der Waals surface area (Å²) in [6, 6.07) is 9.55. The number of rotatable bonds is 12. The summed E-state index contributed by atoms with van der Waals surface area (Å²) in [7, 11) is 0. The molecular weight excluding hydrogens is 988 g/mol. The molecule has 4 aliphatic rings. The van der Waals surface area contributed by atoms with Gasteiger partial charge in [0.1, 0.15) is 28.3 Å². The van der Waals surface area contributed by atoms with Crippen LogP contribution in [0.2, 0.25) is 0 Å². The minimum absolute atomic E-state index is 0.00383. The Balaban J connectivity index is 0.000000184. The number of fused-ring (bicyclic) bond motifs is 2. The molecule has 4 fully saturated rings. The topological polar surface area (TPSA) is 215 Å². The average molecular weight is 1050 g/mol. The molecule has 6 aromatic rings. The van der Waals surface area contributed by atoms with Crippen LogP contribution in [0.1, 0.15) is 45.7 Å². The maximum Gasteiger partial charge on any atom is 0.471 e. The van der Waals surface area contributed by atoms with Crippen LogP contribution in [0.15, 0.2) is 61.4 Å². The lowest BCUT2D eigenvalue weighted by Crippen LogP contribution is -2.47. The van der Waals surface area contributed by atoms with Crippen molar-refractivity contribution in [1.82, 2.24) is 58.6 Å². The quantitative estimate of drug-likeness (QED) is 0.117. The number of hydrogen-bond donors (Lipinski definition) is 4. The van der Waals surface area contributed by atoms with Crippen molar-refractivity contribution in [3.63, 3.8) is 0 Å². The van der Waals surface area contributed by atoms with Crippen molar-refractivity contribution >= 4 is 69.0 Å². The van der Waals surface area contributed by atoms with E-state index >= 15 is 4.39 Å². The minimum atomic E-state index is -4.92. The first-order chi connectivity index (χ1) is 35.9. The lowest BCUT2D eigenvalue weighted by molar-refractivity contribution is -0.184. The highest BCUT2D eigenvalue weighted by atomic mass is 19.4. The molecule has 8 heterocycles. The molecule has 0 aliphatic carbocycles. The van der Waals surface area contributed by atoms with Gasteiger partial charge in [-0.15, -0.1) is 0 Å². The summed E-state index contributed by atoms with van der Waals surface area (Å²) in [6.07, 6.45) is 2.07. The monoisotopic (exact) mass is 1050 g/mol. The molecule has 4 N–H and O–H groups in total. The smallest absolute Gasteiger partial charge is 0.444 e. The number of aromatic nitrogens is 8. The molecular formula is C49H61F5N16O5. The molecule has 4 saturated heterocycles. The second-order valence-corrected chi connectivity index (χ2v) is 19.9. The summed E-state index contributed by atoms with van der Waals surface area (Å²) in [5.74, 6) is -2.35. The average Bonchev–Trinajstić information content (AvgIpc) is 4.23. The fraction of sp³-hybridized carbons (Fsp3) is 0.510. The third-order valence-corrected chi connectivity index (χ3v) is 13.6. The SMILES string of the molecule is CC(C)(C)OC(=O)N1CCC(n2cnc3cnc(Nc4ccc(N5CCN(CCO)CC5)cc4F)nc32)C1.O=C(N1CCC(n2cnc3cnc(Nc4ccc(N5CCN(CCO)CC5)cc4F)nc32)C1)C(F)(F)F. The van der Waals surface area contributed by atoms with Crippen molar-refractivity contribution in [1.29, 1.82) is 0 Å². The van der Waals surface area contributed by atoms with Gasteiger partial charge in [-0.2, -0.15) is 23.1 Å². The van der Waals surface area contributed by atoms with Crippen LogP contribution in [0.25, 0.3) is 22.3 Å². The van der Waals surface area contributed by atoms with Crippen LogP contribution in [0.5, 0.6) is 0 Å². The maximum atomic E-state index is 15.0. The Labute approximate surface area is 428 Å². The molecule has 0 radical (unpaired) electrons. The third kappa shape index (κ3) is 12.6. The molecule has 75 heavy (non-hydrogen) atoms. The van der Waals surface area contributed by atoms with Gasteiger partial charge in [-0.25, -0.2) is 33.5 Å². The van der Waals surface area contributed by atoms with Crippen LogP contribution >= 0.6 is 0 Å². The number of hydrogen-bond acceptors (Lipinski definition) is 17. The number of nitrogens with zero attached hydrogens (tertiary/aromatic N) is 14. The van der Waals surface area contributed by atoms with E-state index in [-0.39, 0.29) is 67.5 Å². The van der Waals surface area contributed by atoms with Gasteiger partial charge in [0.25, 0.3) is 0 Å². The van der Waals surface area contributed by atoms with E-state index in [1.54, 1.807) is 40.2 Å². The second kappa shape index (κ2) is 22.4. The van der Waals surface area contributed by atoms with Crippen molar-refractivity contribution < 1.29 is 46.5 Å². The molecule has 0 bridgehead atoms. The lowest BCUT2D eigenvalue weighted by atomic mass is 10.2. The number of carbonyl (C=O) groups is 2. The molecule has 2 aromatic carbocycles. The fourth-order valence-electron chi connectivity index (χ4n) is 9.69. The number of carbonyl (C=O) groups excluding carboxylic acids is 2. The number of aliphatic hydroxyl groups excluding tert-OH is 2. The summed E-state index contributed by atoms with van der Waals surface area (Å²) >= 11 is 0. The molecule has 402 valence electrons.